The fraction of sp³-hybridized carbons (Fsp3) is 0.526. The molecule has 1 aromatic carbocycles. The molecular formula is C19H25BrN2O5S. The van der Waals surface area contributed by atoms with Crippen molar-refractivity contribution in [2.45, 2.75) is 19.8 Å². The summed E-state index contributed by atoms with van der Waals surface area (Å²) >= 11 is 8.77. The molecule has 0 bridgehead atoms. The number of likely N-dealkylation sites (tertiary alicyclic amines) is 1. The summed E-state index contributed by atoms with van der Waals surface area (Å²) in [5.74, 6) is -0.155. The Kier molecular flexibility index (Phi) is 9.14. The molecular weight excluding hydrogens is 448 g/mol. The average molecular weight is 473 g/mol. The maximum atomic E-state index is 12.7. The Morgan fingerprint density at radius 2 is 2.00 bits per heavy atom. The molecule has 2 rings (SSSR count). The Labute approximate surface area is 178 Å². The van der Waals surface area contributed by atoms with Crippen LogP contribution in [0.2, 0.25) is 0 Å². The lowest BCUT2D eigenvalue weighted by Crippen LogP contribution is -2.47. The van der Waals surface area contributed by atoms with Gasteiger partial charge in [0.15, 0.2) is 5.11 Å². The SMILES string of the molecule is CCOC(=O)C1CCN(C(=S)NC(=O)c2cc(Br)ccc2OCCOC)CC1. The smallest absolute Gasteiger partial charge is 0.309 e. The zero-order valence-electron chi connectivity index (χ0n) is 16.0. The molecule has 9 heteroatoms. The number of hydrogen-bond acceptors (Lipinski definition) is 6. The number of nitrogens with zero attached hydrogens (tertiary/aromatic N) is 1. The highest BCUT2D eigenvalue weighted by Crippen LogP contribution is 2.24. The van der Waals surface area contributed by atoms with E-state index in [9.17, 15) is 9.59 Å². The van der Waals surface area contributed by atoms with Crippen LogP contribution in [0.5, 0.6) is 5.75 Å². The Hall–Kier alpha value is -1.71. The first kappa shape index (κ1) is 22.6. The molecule has 1 aliphatic heterocycles. The minimum absolute atomic E-state index is 0.111. The molecule has 0 radical (unpaired) electrons. The van der Waals surface area contributed by atoms with Gasteiger partial charge >= 0.3 is 5.97 Å². The molecule has 0 spiro atoms. The third-order valence-electron chi connectivity index (χ3n) is 4.35. The standard InChI is InChI=1S/C19H25BrN2O5S/c1-3-26-18(24)13-6-8-22(9-7-13)19(28)21-17(23)15-12-14(20)4-5-16(15)27-11-10-25-2/h4-5,12-13H,3,6-11H2,1-2H3,(H,21,23,28). The molecule has 1 aromatic rings. The fourth-order valence-corrected chi connectivity index (χ4v) is 3.50. The summed E-state index contributed by atoms with van der Waals surface area (Å²) in [7, 11) is 1.59. The Morgan fingerprint density at radius 3 is 2.64 bits per heavy atom. The van der Waals surface area contributed by atoms with Crippen molar-refractivity contribution >= 4 is 45.1 Å². The molecule has 0 aromatic heterocycles. The summed E-state index contributed by atoms with van der Waals surface area (Å²) in [6, 6.07) is 5.22. The Bertz CT molecular complexity index is 708. The van der Waals surface area contributed by atoms with Crippen LogP contribution < -0.4 is 10.1 Å². The predicted molar refractivity (Wildman–Crippen MR) is 113 cm³/mol. The molecule has 0 aliphatic carbocycles. The van der Waals surface area contributed by atoms with E-state index in [1.54, 1.807) is 32.2 Å². The number of carbonyl (C=O) groups is 2. The summed E-state index contributed by atoms with van der Waals surface area (Å²) < 4.78 is 16.4. The molecule has 154 valence electrons. The Balaban J connectivity index is 1.95. The van der Waals surface area contributed by atoms with Crippen molar-refractivity contribution in [3.05, 3.63) is 28.2 Å². The van der Waals surface area contributed by atoms with Crippen LogP contribution in [0, 0.1) is 5.92 Å². The van der Waals surface area contributed by atoms with Crippen molar-refractivity contribution in [3.8, 4) is 5.75 Å². The third kappa shape index (κ3) is 6.42. The number of ether oxygens (including phenoxy) is 3. The van der Waals surface area contributed by atoms with E-state index in [0.717, 1.165) is 4.47 Å². The van der Waals surface area contributed by atoms with Gasteiger partial charge in [-0.1, -0.05) is 15.9 Å². The van der Waals surface area contributed by atoms with Crippen molar-refractivity contribution < 1.29 is 23.8 Å². The molecule has 1 saturated heterocycles. The number of benzene rings is 1. The van der Waals surface area contributed by atoms with Gasteiger partial charge in [-0.15, -0.1) is 0 Å². The van der Waals surface area contributed by atoms with Gasteiger partial charge in [0.2, 0.25) is 0 Å². The van der Waals surface area contributed by atoms with Gasteiger partial charge in [0.1, 0.15) is 12.4 Å². The lowest BCUT2D eigenvalue weighted by Gasteiger charge is -2.32. The van der Waals surface area contributed by atoms with Gasteiger partial charge in [-0.3, -0.25) is 14.9 Å². The number of nitrogens with one attached hydrogen (secondary N) is 1. The highest BCUT2D eigenvalue weighted by Gasteiger charge is 2.27. The number of rotatable bonds is 7. The van der Waals surface area contributed by atoms with Crippen LogP contribution in [0.1, 0.15) is 30.1 Å². The number of piperidine rings is 1. The van der Waals surface area contributed by atoms with Crippen molar-refractivity contribution in [1.82, 2.24) is 10.2 Å². The van der Waals surface area contributed by atoms with Crippen molar-refractivity contribution in [3.63, 3.8) is 0 Å². The second-order valence-electron chi connectivity index (χ2n) is 6.25. The van der Waals surface area contributed by atoms with Gasteiger partial charge in [-0.2, -0.15) is 0 Å². The van der Waals surface area contributed by atoms with E-state index < -0.39 is 0 Å². The number of carbonyl (C=O) groups excluding carboxylic acids is 2. The van der Waals surface area contributed by atoms with Gasteiger partial charge in [0.25, 0.3) is 5.91 Å². The number of halogens is 1. The summed E-state index contributed by atoms with van der Waals surface area (Å²) in [5.41, 5.74) is 0.384. The normalized spacial score (nSPS) is 14.5. The fourth-order valence-electron chi connectivity index (χ4n) is 2.86. The molecule has 0 unspecified atom stereocenters. The van der Waals surface area contributed by atoms with E-state index >= 15 is 0 Å². The first-order chi connectivity index (χ1) is 13.5. The third-order valence-corrected chi connectivity index (χ3v) is 5.21. The van der Waals surface area contributed by atoms with Gasteiger partial charge in [0.05, 0.1) is 24.7 Å². The van der Waals surface area contributed by atoms with Crippen LogP contribution in [-0.2, 0) is 14.3 Å². The number of thiocarbonyl (C=S) groups is 1. The lowest BCUT2D eigenvalue weighted by atomic mass is 9.97. The van der Waals surface area contributed by atoms with E-state index in [4.69, 9.17) is 26.4 Å². The van der Waals surface area contributed by atoms with Gasteiger partial charge in [-0.05, 0) is 50.2 Å². The summed E-state index contributed by atoms with van der Waals surface area (Å²) in [6.07, 6.45) is 1.30. The number of amides is 1. The zero-order chi connectivity index (χ0) is 20.5. The van der Waals surface area contributed by atoms with Gasteiger partial charge < -0.3 is 19.1 Å². The predicted octanol–water partition coefficient (Wildman–Crippen LogP) is 2.76. The summed E-state index contributed by atoms with van der Waals surface area (Å²) in [6.45, 7) is 4.13. The van der Waals surface area contributed by atoms with E-state index in [1.807, 2.05) is 4.90 Å². The maximum absolute atomic E-state index is 12.7. The first-order valence-corrected chi connectivity index (χ1v) is 10.3. The van der Waals surface area contributed by atoms with Crippen LogP contribution in [0.3, 0.4) is 0 Å². The van der Waals surface area contributed by atoms with Crippen LogP contribution in [-0.4, -0.2) is 61.9 Å². The topological polar surface area (TPSA) is 77.1 Å². The monoisotopic (exact) mass is 472 g/mol. The second-order valence-corrected chi connectivity index (χ2v) is 7.56. The van der Waals surface area contributed by atoms with Crippen LogP contribution in [0.25, 0.3) is 0 Å². The highest BCUT2D eigenvalue weighted by atomic mass is 79.9. The number of esters is 1. The van der Waals surface area contributed by atoms with E-state index in [1.165, 1.54) is 0 Å². The minimum Gasteiger partial charge on any atom is -0.490 e. The number of methoxy groups -OCH3 is 1. The molecule has 1 amide bonds. The maximum Gasteiger partial charge on any atom is 0.309 e. The molecule has 0 saturated carbocycles. The largest absolute Gasteiger partial charge is 0.490 e. The van der Waals surface area contributed by atoms with Crippen molar-refractivity contribution in [2.24, 2.45) is 5.92 Å². The highest BCUT2D eigenvalue weighted by molar-refractivity contribution is 9.10. The van der Waals surface area contributed by atoms with E-state index in [0.29, 0.717) is 62.2 Å². The van der Waals surface area contributed by atoms with Crippen LogP contribution in [0.4, 0.5) is 0 Å². The molecule has 28 heavy (non-hydrogen) atoms. The van der Waals surface area contributed by atoms with Crippen LogP contribution in [0.15, 0.2) is 22.7 Å². The molecule has 1 N–H and O–H groups in total. The number of hydrogen-bond donors (Lipinski definition) is 1. The van der Waals surface area contributed by atoms with E-state index in [2.05, 4.69) is 21.2 Å². The van der Waals surface area contributed by atoms with Crippen molar-refractivity contribution in [2.75, 3.05) is 40.0 Å². The average Bonchev–Trinajstić information content (AvgIpc) is 2.69. The lowest BCUT2D eigenvalue weighted by molar-refractivity contribution is -0.149. The molecule has 1 fully saturated rings. The quantitative estimate of drug-likeness (QED) is 0.371. The molecule has 1 heterocycles. The molecule has 7 nitrogen and oxygen atoms in total. The summed E-state index contributed by atoms with van der Waals surface area (Å²) in [4.78, 5) is 26.5. The second kappa shape index (κ2) is 11.3. The van der Waals surface area contributed by atoms with E-state index in [-0.39, 0.29) is 17.8 Å². The van der Waals surface area contributed by atoms with Crippen molar-refractivity contribution in [1.29, 1.82) is 0 Å². The van der Waals surface area contributed by atoms with Gasteiger partial charge in [0, 0.05) is 24.7 Å². The molecule has 1 aliphatic rings. The van der Waals surface area contributed by atoms with Gasteiger partial charge in [-0.25, -0.2) is 0 Å². The minimum atomic E-state index is -0.341. The first-order valence-electron chi connectivity index (χ1n) is 9.14. The zero-order valence-corrected chi connectivity index (χ0v) is 18.4. The Morgan fingerprint density at radius 1 is 1.29 bits per heavy atom. The van der Waals surface area contributed by atoms with Crippen LogP contribution >= 0.6 is 28.1 Å². The summed E-state index contributed by atoms with van der Waals surface area (Å²) in [5, 5.41) is 3.11. The molecule has 0 atom stereocenters.